The van der Waals surface area contributed by atoms with E-state index in [0.29, 0.717) is 5.75 Å². The zero-order valence-electron chi connectivity index (χ0n) is 9.76. The van der Waals surface area contributed by atoms with Crippen LogP contribution in [0, 0.1) is 0 Å². The number of carbonyl (C=O) groups excluding carboxylic acids is 1. The Bertz CT molecular complexity index is 511. The SMILES string of the molecule is NC(=O)COc1cccc(NCc2cccs2)c1. The molecule has 0 bridgehead atoms. The topological polar surface area (TPSA) is 64.4 Å². The van der Waals surface area contributed by atoms with Crippen molar-refractivity contribution in [1.29, 1.82) is 0 Å². The van der Waals surface area contributed by atoms with Gasteiger partial charge in [0.25, 0.3) is 5.91 Å². The summed E-state index contributed by atoms with van der Waals surface area (Å²) < 4.78 is 5.23. The fraction of sp³-hybridized carbons (Fsp3) is 0.154. The quantitative estimate of drug-likeness (QED) is 0.839. The third-order valence-electron chi connectivity index (χ3n) is 2.26. The lowest BCUT2D eigenvalue weighted by molar-refractivity contribution is -0.119. The maximum absolute atomic E-state index is 10.6. The molecule has 3 N–H and O–H groups in total. The molecule has 0 aliphatic rings. The highest BCUT2D eigenvalue weighted by molar-refractivity contribution is 7.09. The molecular formula is C13H14N2O2S. The molecule has 5 heteroatoms. The molecule has 0 spiro atoms. The van der Waals surface area contributed by atoms with Crippen LogP contribution in [0.2, 0.25) is 0 Å². The van der Waals surface area contributed by atoms with E-state index >= 15 is 0 Å². The molecule has 1 amide bonds. The molecular weight excluding hydrogens is 248 g/mol. The summed E-state index contributed by atoms with van der Waals surface area (Å²) in [5, 5.41) is 5.33. The Balaban J connectivity index is 1.92. The molecule has 1 heterocycles. The molecule has 2 aromatic rings. The maximum Gasteiger partial charge on any atom is 0.255 e. The molecule has 2 rings (SSSR count). The van der Waals surface area contributed by atoms with Gasteiger partial charge in [0.05, 0.1) is 0 Å². The summed E-state index contributed by atoms with van der Waals surface area (Å²) in [6.45, 7) is 0.672. The van der Waals surface area contributed by atoms with E-state index in [0.717, 1.165) is 12.2 Å². The van der Waals surface area contributed by atoms with Gasteiger partial charge in [0.1, 0.15) is 5.75 Å². The molecule has 4 nitrogen and oxygen atoms in total. The Labute approximate surface area is 109 Å². The first kappa shape index (κ1) is 12.4. The highest BCUT2D eigenvalue weighted by Crippen LogP contribution is 2.18. The smallest absolute Gasteiger partial charge is 0.255 e. The number of thiophene rings is 1. The summed E-state index contributed by atoms with van der Waals surface area (Å²) in [5.74, 6) is 0.150. The first-order valence-electron chi connectivity index (χ1n) is 5.51. The lowest BCUT2D eigenvalue weighted by Crippen LogP contribution is -2.20. The third kappa shape index (κ3) is 3.78. The molecule has 1 aromatic carbocycles. The Morgan fingerprint density at radius 1 is 1.33 bits per heavy atom. The summed E-state index contributed by atoms with van der Waals surface area (Å²) in [4.78, 5) is 11.9. The van der Waals surface area contributed by atoms with Crippen molar-refractivity contribution in [3.05, 3.63) is 46.7 Å². The van der Waals surface area contributed by atoms with E-state index in [1.54, 1.807) is 17.4 Å². The number of amides is 1. The number of nitrogens with one attached hydrogen (secondary N) is 1. The average molecular weight is 262 g/mol. The lowest BCUT2D eigenvalue weighted by Gasteiger charge is -2.08. The van der Waals surface area contributed by atoms with Crippen molar-refractivity contribution in [2.24, 2.45) is 5.73 Å². The Hall–Kier alpha value is -2.01. The van der Waals surface area contributed by atoms with Gasteiger partial charge >= 0.3 is 0 Å². The number of hydrogen-bond donors (Lipinski definition) is 2. The van der Waals surface area contributed by atoms with Gasteiger partial charge in [-0.1, -0.05) is 12.1 Å². The fourth-order valence-electron chi connectivity index (χ4n) is 1.45. The number of carbonyl (C=O) groups is 1. The lowest BCUT2D eigenvalue weighted by atomic mass is 10.3. The van der Waals surface area contributed by atoms with Gasteiger partial charge in [-0.3, -0.25) is 4.79 Å². The second-order valence-electron chi connectivity index (χ2n) is 3.72. The predicted octanol–water partition coefficient (Wildman–Crippen LogP) is 2.22. The van der Waals surface area contributed by atoms with Gasteiger partial charge in [0.15, 0.2) is 6.61 Å². The number of ether oxygens (including phenoxy) is 1. The van der Waals surface area contributed by atoms with E-state index in [9.17, 15) is 4.79 Å². The number of rotatable bonds is 6. The van der Waals surface area contributed by atoms with Gasteiger partial charge in [0, 0.05) is 23.2 Å². The number of benzene rings is 1. The van der Waals surface area contributed by atoms with Gasteiger partial charge in [-0.15, -0.1) is 11.3 Å². The largest absolute Gasteiger partial charge is 0.484 e. The fourth-order valence-corrected chi connectivity index (χ4v) is 2.10. The van der Waals surface area contributed by atoms with Gasteiger partial charge in [-0.05, 0) is 23.6 Å². The van der Waals surface area contributed by atoms with Crippen molar-refractivity contribution in [1.82, 2.24) is 0 Å². The summed E-state index contributed by atoms with van der Waals surface area (Å²) >= 11 is 1.71. The molecule has 0 aliphatic heterocycles. The van der Waals surface area contributed by atoms with E-state index in [1.165, 1.54) is 4.88 Å². The van der Waals surface area contributed by atoms with Crippen molar-refractivity contribution < 1.29 is 9.53 Å². The molecule has 94 valence electrons. The third-order valence-corrected chi connectivity index (χ3v) is 3.14. The van der Waals surface area contributed by atoms with Crippen LogP contribution in [0.4, 0.5) is 5.69 Å². The van der Waals surface area contributed by atoms with Crippen LogP contribution in [-0.2, 0) is 11.3 Å². The van der Waals surface area contributed by atoms with Crippen LogP contribution in [0.15, 0.2) is 41.8 Å². The number of nitrogens with two attached hydrogens (primary N) is 1. The summed E-state index contributed by atoms with van der Waals surface area (Å²) in [7, 11) is 0. The van der Waals surface area contributed by atoms with Crippen molar-refractivity contribution in [2.45, 2.75) is 6.54 Å². The minimum Gasteiger partial charge on any atom is -0.484 e. The second-order valence-corrected chi connectivity index (χ2v) is 4.75. The Morgan fingerprint density at radius 2 is 2.22 bits per heavy atom. The minimum atomic E-state index is -0.480. The predicted molar refractivity (Wildman–Crippen MR) is 72.8 cm³/mol. The van der Waals surface area contributed by atoms with E-state index in [2.05, 4.69) is 11.4 Å². The average Bonchev–Trinajstić information content (AvgIpc) is 2.87. The van der Waals surface area contributed by atoms with Crippen molar-refractivity contribution >= 4 is 22.9 Å². The van der Waals surface area contributed by atoms with Crippen LogP contribution in [0.5, 0.6) is 5.75 Å². The van der Waals surface area contributed by atoms with Crippen LogP contribution in [0.3, 0.4) is 0 Å². The normalized spacial score (nSPS) is 10.0. The summed E-state index contributed by atoms with van der Waals surface area (Å²) in [5.41, 5.74) is 5.97. The summed E-state index contributed by atoms with van der Waals surface area (Å²) in [6, 6.07) is 11.5. The van der Waals surface area contributed by atoms with Crippen molar-refractivity contribution in [2.75, 3.05) is 11.9 Å². The highest BCUT2D eigenvalue weighted by Gasteiger charge is 2.00. The van der Waals surface area contributed by atoms with Crippen molar-refractivity contribution in [3.8, 4) is 5.75 Å². The number of primary amides is 1. The van der Waals surface area contributed by atoms with Crippen molar-refractivity contribution in [3.63, 3.8) is 0 Å². The van der Waals surface area contributed by atoms with Crippen LogP contribution in [0.1, 0.15) is 4.88 Å². The highest BCUT2D eigenvalue weighted by atomic mass is 32.1. The first-order valence-corrected chi connectivity index (χ1v) is 6.39. The molecule has 0 atom stereocenters. The van der Waals surface area contributed by atoms with E-state index in [-0.39, 0.29) is 6.61 Å². The zero-order valence-corrected chi connectivity index (χ0v) is 10.6. The van der Waals surface area contributed by atoms with E-state index < -0.39 is 5.91 Å². The van der Waals surface area contributed by atoms with Gasteiger partial charge in [-0.2, -0.15) is 0 Å². The Morgan fingerprint density at radius 3 is 2.94 bits per heavy atom. The molecule has 18 heavy (non-hydrogen) atoms. The molecule has 0 radical (unpaired) electrons. The standard InChI is InChI=1S/C13H14N2O2S/c14-13(16)9-17-11-4-1-3-10(7-11)15-8-12-5-2-6-18-12/h1-7,15H,8-9H2,(H2,14,16). The van der Waals surface area contributed by atoms with E-state index in [1.807, 2.05) is 29.6 Å². The maximum atomic E-state index is 10.6. The molecule has 0 unspecified atom stereocenters. The molecule has 0 fully saturated rings. The van der Waals surface area contributed by atoms with Gasteiger partial charge in [0.2, 0.25) is 0 Å². The van der Waals surface area contributed by atoms with Crippen LogP contribution >= 0.6 is 11.3 Å². The Kier molecular flexibility index (Phi) is 4.20. The second kappa shape index (κ2) is 6.07. The van der Waals surface area contributed by atoms with Gasteiger partial charge in [-0.25, -0.2) is 0 Å². The van der Waals surface area contributed by atoms with E-state index in [4.69, 9.17) is 10.5 Å². The first-order chi connectivity index (χ1) is 8.74. The molecule has 0 aliphatic carbocycles. The monoisotopic (exact) mass is 262 g/mol. The van der Waals surface area contributed by atoms with Gasteiger partial charge < -0.3 is 15.8 Å². The summed E-state index contributed by atoms with van der Waals surface area (Å²) in [6.07, 6.45) is 0. The molecule has 1 aromatic heterocycles. The minimum absolute atomic E-state index is 0.103. The number of anilines is 1. The molecule has 0 saturated heterocycles. The van der Waals surface area contributed by atoms with Crippen LogP contribution < -0.4 is 15.8 Å². The zero-order chi connectivity index (χ0) is 12.8. The molecule has 0 saturated carbocycles. The number of hydrogen-bond acceptors (Lipinski definition) is 4. The van der Waals surface area contributed by atoms with Crippen LogP contribution in [0.25, 0.3) is 0 Å². The van der Waals surface area contributed by atoms with Crippen LogP contribution in [-0.4, -0.2) is 12.5 Å².